The van der Waals surface area contributed by atoms with E-state index in [2.05, 4.69) is 98.0 Å². The fourth-order valence-corrected chi connectivity index (χ4v) is 11.4. The standard InChI is InChI=1S/C45H29N3O2Si/c1-51(2)36-24-23-26-13-6-7-16-28(26)40(36)41-37(51)25-32(39-30-18-9-11-21-34(30)50-42(39)41)45-47-43(27-14-4-3-5-15-27)46-44(48-45)31-19-12-22-35-38(31)29-17-8-10-20-33(29)49-35/h3-25H,1-2H3. The molecule has 0 radical (unpaired) electrons. The van der Waals surface area contributed by atoms with Gasteiger partial charge in [0.1, 0.15) is 30.4 Å². The van der Waals surface area contributed by atoms with E-state index in [1.54, 1.807) is 0 Å². The normalized spacial score (nSPS) is 13.5. The summed E-state index contributed by atoms with van der Waals surface area (Å²) in [5.74, 6) is 1.84. The average Bonchev–Trinajstić information content (AvgIpc) is 3.83. The molecule has 0 amide bonds. The van der Waals surface area contributed by atoms with E-state index in [4.69, 9.17) is 23.8 Å². The topological polar surface area (TPSA) is 65.0 Å². The van der Waals surface area contributed by atoms with E-state index in [9.17, 15) is 0 Å². The zero-order valence-corrected chi connectivity index (χ0v) is 28.9. The molecule has 240 valence electrons. The van der Waals surface area contributed by atoms with Gasteiger partial charge in [-0.1, -0.05) is 128 Å². The molecule has 0 aliphatic carbocycles. The van der Waals surface area contributed by atoms with Crippen molar-refractivity contribution in [2.75, 3.05) is 0 Å². The van der Waals surface area contributed by atoms with Crippen molar-refractivity contribution in [1.82, 2.24) is 15.0 Å². The molecule has 10 aromatic rings. The molecular formula is C45H29N3O2Si. The fourth-order valence-electron chi connectivity index (χ4n) is 8.32. The number of rotatable bonds is 3. The van der Waals surface area contributed by atoms with Crippen LogP contribution in [-0.4, -0.2) is 23.0 Å². The summed E-state index contributed by atoms with van der Waals surface area (Å²) in [5, 5.41) is 9.35. The lowest BCUT2D eigenvalue weighted by Gasteiger charge is -2.20. The van der Waals surface area contributed by atoms with Gasteiger partial charge in [-0.3, -0.25) is 0 Å². The van der Waals surface area contributed by atoms with Gasteiger partial charge in [-0.25, -0.2) is 15.0 Å². The molecule has 51 heavy (non-hydrogen) atoms. The van der Waals surface area contributed by atoms with E-state index in [1.165, 1.54) is 32.3 Å². The molecule has 6 heteroatoms. The van der Waals surface area contributed by atoms with E-state index < -0.39 is 8.07 Å². The van der Waals surface area contributed by atoms with Crippen molar-refractivity contribution in [2.24, 2.45) is 0 Å². The van der Waals surface area contributed by atoms with Gasteiger partial charge in [-0.2, -0.15) is 0 Å². The second kappa shape index (κ2) is 10.3. The maximum atomic E-state index is 6.92. The van der Waals surface area contributed by atoms with Gasteiger partial charge in [0.2, 0.25) is 0 Å². The second-order valence-electron chi connectivity index (χ2n) is 13.9. The Labute approximate surface area is 293 Å². The van der Waals surface area contributed by atoms with Crippen molar-refractivity contribution < 1.29 is 8.83 Å². The molecule has 4 heterocycles. The highest BCUT2D eigenvalue weighted by molar-refractivity contribution is 7.04. The summed E-state index contributed by atoms with van der Waals surface area (Å²) in [5.41, 5.74) is 8.67. The SMILES string of the molecule is C[Si]1(C)c2ccc3ccccc3c2-c2c1cc(-c1nc(-c3ccccc3)nc(-c3cccc4oc5ccccc5c34)n1)c1c2oc2ccccc21. The van der Waals surface area contributed by atoms with Crippen LogP contribution in [0.15, 0.2) is 148 Å². The quantitative estimate of drug-likeness (QED) is 0.175. The molecule has 0 N–H and O–H groups in total. The van der Waals surface area contributed by atoms with Crippen molar-refractivity contribution in [1.29, 1.82) is 0 Å². The molecule has 5 nitrogen and oxygen atoms in total. The van der Waals surface area contributed by atoms with Gasteiger partial charge in [0.05, 0.1) is 0 Å². The smallest absolute Gasteiger partial charge is 0.164 e. The third-order valence-electron chi connectivity index (χ3n) is 10.7. The van der Waals surface area contributed by atoms with Gasteiger partial charge < -0.3 is 8.83 Å². The lowest BCUT2D eigenvalue weighted by Crippen LogP contribution is -2.49. The number of fused-ring (bicyclic) bond motifs is 12. The van der Waals surface area contributed by atoms with E-state index >= 15 is 0 Å². The van der Waals surface area contributed by atoms with E-state index in [0.717, 1.165) is 60.6 Å². The molecule has 0 spiro atoms. The second-order valence-corrected chi connectivity index (χ2v) is 18.3. The summed E-state index contributed by atoms with van der Waals surface area (Å²) in [6.45, 7) is 4.90. The molecule has 0 unspecified atom stereocenters. The monoisotopic (exact) mass is 671 g/mol. The Hall–Kier alpha value is -6.37. The van der Waals surface area contributed by atoms with Crippen LogP contribution < -0.4 is 10.4 Å². The molecule has 0 saturated carbocycles. The average molecular weight is 672 g/mol. The van der Waals surface area contributed by atoms with Crippen LogP contribution in [0.25, 0.3) is 99.9 Å². The number of hydrogen-bond donors (Lipinski definition) is 0. The van der Waals surface area contributed by atoms with Crippen LogP contribution in [0.4, 0.5) is 0 Å². The Morgan fingerprint density at radius 1 is 0.451 bits per heavy atom. The summed E-state index contributed by atoms with van der Waals surface area (Å²) in [6.07, 6.45) is 0. The third kappa shape index (κ3) is 3.99. The largest absolute Gasteiger partial charge is 0.456 e. The zero-order chi connectivity index (χ0) is 33.8. The third-order valence-corrected chi connectivity index (χ3v) is 14.2. The first kappa shape index (κ1) is 28.5. The number of benzene rings is 7. The lowest BCUT2D eigenvalue weighted by atomic mass is 9.94. The molecule has 0 fully saturated rings. The Balaban J connectivity index is 1.27. The van der Waals surface area contributed by atoms with E-state index in [0.29, 0.717) is 17.5 Å². The molecule has 3 aromatic heterocycles. The maximum absolute atomic E-state index is 6.92. The maximum Gasteiger partial charge on any atom is 0.164 e. The molecule has 0 atom stereocenters. The lowest BCUT2D eigenvalue weighted by molar-refractivity contribution is 0.669. The van der Waals surface area contributed by atoms with Crippen LogP contribution in [-0.2, 0) is 0 Å². The van der Waals surface area contributed by atoms with Gasteiger partial charge in [0, 0.05) is 43.8 Å². The van der Waals surface area contributed by atoms with Crippen molar-refractivity contribution in [3.05, 3.63) is 140 Å². The van der Waals surface area contributed by atoms with Gasteiger partial charge in [0.25, 0.3) is 0 Å². The Kier molecular flexibility index (Phi) is 5.76. The first-order chi connectivity index (χ1) is 25.0. The number of nitrogens with zero attached hydrogens (tertiary/aromatic N) is 3. The summed E-state index contributed by atoms with van der Waals surface area (Å²) in [4.78, 5) is 15.8. The summed E-state index contributed by atoms with van der Waals surface area (Å²) in [7, 11) is -2.19. The molecule has 1 aliphatic heterocycles. The van der Waals surface area contributed by atoms with Crippen LogP contribution in [0.1, 0.15) is 0 Å². The van der Waals surface area contributed by atoms with Crippen molar-refractivity contribution in [3.8, 4) is 45.3 Å². The van der Waals surface area contributed by atoms with Crippen LogP contribution >= 0.6 is 0 Å². The highest BCUT2D eigenvalue weighted by Crippen LogP contribution is 2.45. The van der Waals surface area contributed by atoms with E-state index in [1.807, 2.05) is 54.6 Å². The van der Waals surface area contributed by atoms with Crippen LogP contribution in [0.3, 0.4) is 0 Å². The fraction of sp³-hybridized carbons (Fsp3) is 0.0444. The van der Waals surface area contributed by atoms with Crippen LogP contribution in [0.5, 0.6) is 0 Å². The van der Waals surface area contributed by atoms with Crippen LogP contribution in [0, 0.1) is 0 Å². The molecular weight excluding hydrogens is 643 g/mol. The highest BCUT2D eigenvalue weighted by atomic mass is 28.3. The Morgan fingerprint density at radius 3 is 1.88 bits per heavy atom. The first-order valence-corrected chi connectivity index (χ1v) is 20.3. The molecule has 11 rings (SSSR count). The number of furan rings is 2. The molecule has 0 bridgehead atoms. The molecule has 1 aliphatic rings. The Bertz CT molecular complexity index is 3070. The van der Waals surface area contributed by atoms with E-state index in [-0.39, 0.29) is 0 Å². The summed E-state index contributed by atoms with van der Waals surface area (Å²) in [6, 6.07) is 48.5. The van der Waals surface area contributed by atoms with Crippen molar-refractivity contribution >= 4 is 73.1 Å². The summed E-state index contributed by atoms with van der Waals surface area (Å²) < 4.78 is 13.2. The predicted octanol–water partition coefficient (Wildman–Crippen LogP) is 10.6. The zero-order valence-electron chi connectivity index (χ0n) is 27.9. The van der Waals surface area contributed by atoms with Gasteiger partial charge >= 0.3 is 0 Å². The Morgan fingerprint density at radius 2 is 1.08 bits per heavy atom. The minimum atomic E-state index is -2.19. The summed E-state index contributed by atoms with van der Waals surface area (Å²) >= 11 is 0. The minimum absolute atomic E-state index is 0.600. The van der Waals surface area contributed by atoms with Gasteiger partial charge in [0.15, 0.2) is 17.5 Å². The first-order valence-electron chi connectivity index (χ1n) is 17.3. The minimum Gasteiger partial charge on any atom is -0.456 e. The van der Waals surface area contributed by atoms with Gasteiger partial charge in [-0.15, -0.1) is 0 Å². The van der Waals surface area contributed by atoms with Gasteiger partial charge in [-0.05, 0) is 51.0 Å². The number of hydrogen-bond acceptors (Lipinski definition) is 5. The van der Waals surface area contributed by atoms with Crippen molar-refractivity contribution in [3.63, 3.8) is 0 Å². The number of para-hydroxylation sites is 2. The van der Waals surface area contributed by atoms with Crippen LogP contribution in [0.2, 0.25) is 13.1 Å². The van der Waals surface area contributed by atoms with Crippen molar-refractivity contribution in [2.45, 2.75) is 13.1 Å². The number of aromatic nitrogens is 3. The molecule has 7 aromatic carbocycles. The predicted molar refractivity (Wildman–Crippen MR) is 210 cm³/mol. The highest BCUT2D eigenvalue weighted by Gasteiger charge is 2.41. The molecule has 0 saturated heterocycles.